The van der Waals surface area contributed by atoms with Gasteiger partial charge in [0, 0.05) is 0 Å². The largest absolute Gasteiger partial charge is 0.349 e. The van der Waals surface area contributed by atoms with Crippen LogP contribution in [-0.2, 0) is 0 Å². The zero-order valence-corrected chi connectivity index (χ0v) is 5.02. The van der Waals surface area contributed by atoms with E-state index in [0.717, 1.165) is 0 Å². The van der Waals surface area contributed by atoms with Gasteiger partial charge in [-0.15, -0.1) is 0 Å². The van der Waals surface area contributed by atoms with E-state index in [1.165, 1.54) is 0 Å². The summed E-state index contributed by atoms with van der Waals surface area (Å²) in [6.07, 6.45) is 0. The van der Waals surface area contributed by atoms with E-state index in [9.17, 15) is 0 Å². The van der Waals surface area contributed by atoms with E-state index >= 15 is 0 Å². The maximum Gasteiger partial charge on any atom is 0.185 e. The second-order valence-electron chi connectivity index (χ2n) is 2.06. The molecule has 0 fully saturated rings. The Bertz CT molecular complexity index is 28.5. The predicted octanol–water partition coefficient (Wildman–Crippen LogP) is -0.125. The van der Waals surface area contributed by atoms with Crippen molar-refractivity contribution >= 4 is 7.98 Å². The molecule has 0 aromatic rings. The average molecular weight is 85.0 g/mol. The average Bonchev–Trinajstić information content (AvgIpc) is 1.36. The lowest BCUT2D eigenvalue weighted by Crippen LogP contribution is -2.22. The lowest BCUT2D eigenvalue weighted by atomic mass is 10.2. The van der Waals surface area contributed by atoms with Gasteiger partial charge in [0.25, 0.3) is 0 Å². The zero-order valence-electron chi connectivity index (χ0n) is 5.02. The first-order chi connectivity index (χ1) is 2.64. The van der Waals surface area contributed by atoms with Crippen LogP contribution >= 0.6 is 0 Å². The molecule has 0 saturated carbocycles. The van der Waals surface area contributed by atoms with Gasteiger partial charge in [-0.1, -0.05) is 13.8 Å². The highest BCUT2D eigenvalue weighted by Crippen LogP contribution is 1.83. The number of hydrogen-bond acceptors (Lipinski definition) is 1. The minimum Gasteiger partial charge on any atom is -0.349 e. The molecule has 0 amide bonds. The van der Waals surface area contributed by atoms with E-state index in [4.69, 9.17) is 0 Å². The van der Waals surface area contributed by atoms with Crippen molar-refractivity contribution in [2.75, 3.05) is 7.05 Å². The lowest BCUT2D eigenvalue weighted by molar-refractivity contribution is 0.451. The minimum absolute atomic E-state index is 0.685. The summed E-state index contributed by atoms with van der Waals surface area (Å²) < 4.78 is 0. The van der Waals surface area contributed by atoms with Gasteiger partial charge < -0.3 is 4.81 Å². The Labute approximate surface area is 40.8 Å². The first kappa shape index (κ1) is 6.02. The summed E-state index contributed by atoms with van der Waals surface area (Å²) >= 11 is 0. The van der Waals surface area contributed by atoms with Crippen LogP contribution in [0.3, 0.4) is 0 Å². The summed E-state index contributed by atoms with van der Waals surface area (Å²) in [7, 11) is 4.15. The molecule has 0 spiro atoms. The van der Waals surface area contributed by atoms with Gasteiger partial charge in [-0.05, 0) is 13.1 Å². The summed E-state index contributed by atoms with van der Waals surface area (Å²) in [5.74, 6) is 0. The Morgan fingerprint density at radius 3 is 1.67 bits per heavy atom. The van der Waals surface area contributed by atoms with Gasteiger partial charge >= 0.3 is 0 Å². The summed E-state index contributed by atoms with van der Waals surface area (Å²) in [4.78, 5) is 2.17. The third-order valence-electron chi connectivity index (χ3n) is 1.03. The van der Waals surface area contributed by atoms with Crippen molar-refractivity contribution in [1.82, 2.24) is 4.81 Å². The van der Waals surface area contributed by atoms with Crippen LogP contribution in [0.5, 0.6) is 0 Å². The fourth-order valence-electron chi connectivity index (χ4n) is 0. The third-order valence-corrected chi connectivity index (χ3v) is 1.03. The first-order valence-electron chi connectivity index (χ1n) is 2.31. The molecule has 0 N–H and O–H groups in total. The zero-order chi connectivity index (χ0) is 5.15. The first-order valence-corrected chi connectivity index (χ1v) is 2.31. The van der Waals surface area contributed by atoms with Gasteiger partial charge in [0.15, 0.2) is 7.98 Å². The van der Waals surface area contributed by atoms with Crippen molar-refractivity contribution in [2.45, 2.75) is 19.9 Å². The van der Waals surface area contributed by atoms with Gasteiger partial charge in [0.05, 0.1) is 0 Å². The molecule has 0 radical (unpaired) electrons. The molecule has 0 aromatic heterocycles. The molecule has 0 aliphatic carbocycles. The van der Waals surface area contributed by atoms with Crippen molar-refractivity contribution < 1.29 is 0 Å². The van der Waals surface area contributed by atoms with Crippen molar-refractivity contribution in [1.29, 1.82) is 0 Å². The van der Waals surface area contributed by atoms with E-state index in [1.807, 2.05) is 0 Å². The summed E-state index contributed by atoms with van der Waals surface area (Å²) in [6.45, 7) is 4.33. The van der Waals surface area contributed by atoms with E-state index < -0.39 is 0 Å². The van der Waals surface area contributed by atoms with Gasteiger partial charge in [0.1, 0.15) is 0 Å². The SMILES string of the molecule is BN(C)C(C)C. The molecule has 0 unspecified atom stereocenters. The highest BCUT2D eigenvalue weighted by atomic mass is 15.0. The maximum atomic E-state index is 2.17. The summed E-state index contributed by atoms with van der Waals surface area (Å²) in [6, 6.07) is 0.685. The maximum absolute atomic E-state index is 2.17. The highest BCUT2D eigenvalue weighted by Gasteiger charge is 1.90. The van der Waals surface area contributed by atoms with Crippen molar-refractivity contribution in [3.05, 3.63) is 0 Å². The van der Waals surface area contributed by atoms with E-state index in [2.05, 4.69) is 33.7 Å². The van der Waals surface area contributed by atoms with Gasteiger partial charge in [-0.25, -0.2) is 0 Å². The molecule has 0 bridgehead atoms. The molecule has 0 aromatic carbocycles. The molecule has 0 atom stereocenters. The Morgan fingerprint density at radius 1 is 1.50 bits per heavy atom. The fraction of sp³-hybridized carbons (Fsp3) is 1.00. The number of nitrogens with zero attached hydrogens (tertiary/aromatic N) is 1. The van der Waals surface area contributed by atoms with Crippen LogP contribution < -0.4 is 0 Å². The smallest absolute Gasteiger partial charge is 0.185 e. The molecule has 2 heteroatoms. The summed E-state index contributed by atoms with van der Waals surface area (Å²) in [5.41, 5.74) is 0. The molecule has 0 aliphatic heterocycles. The second kappa shape index (κ2) is 2.24. The van der Waals surface area contributed by atoms with Crippen LogP contribution in [0.15, 0.2) is 0 Å². The van der Waals surface area contributed by atoms with Crippen LogP contribution in [0, 0.1) is 0 Å². The number of rotatable bonds is 1. The Morgan fingerprint density at radius 2 is 1.67 bits per heavy atom. The van der Waals surface area contributed by atoms with Crippen LogP contribution in [0.25, 0.3) is 0 Å². The normalized spacial score (nSPS) is 10.8. The van der Waals surface area contributed by atoms with Crippen molar-refractivity contribution in [3.8, 4) is 0 Å². The summed E-state index contributed by atoms with van der Waals surface area (Å²) in [5, 5.41) is 0. The molecule has 0 heterocycles. The Balaban J connectivity index is 2.99. The second-order valence-corrected chi connectivity index (χ2v) is 2.06. The van der Waals surface area contributed by atoms with E-state index in [-0.39, 0.29) is 0 Å². The predicted molar refractivity (Wildman–Crippen MR) is 31.4 cm³/mol. The van der Waals surface area contributed by atoms with E-state index in [1.54, 1.807) is 0 Å². The van der Waals surface area contributed by atoms with Crippen LogP contribution in [0.2, 0.25) is 0 Å². The van der Waals surface area contributed by atoms with Crippen molar-refractivity contribution in [2.24, 2.45) is 0 Å². The van der Waals surface area contributed by atoms with Crippen LogP contribution in [0.4, 0.5) is 0 Å². The molecule has 0 aliphatic rings. The van der Waals surface area contributed by atoms with Gasteiger partial charge in [0.2, 0.25) is 0 Å². The van der Waals surface area contributed by atoms with Gasteiger partial charge in [-0.2, -0.15) is 0 Å². The minimum atomic E-state index is 0.685. The standard InChI is InChI=1S/C4H12BN/c1-4(2)6(3)5/h4H,5H2,1-3H3. The quantitative estimate of drug-likeness (QED) is 0.401. The number of hydrogen-bond donors (Lipinski definition) is 0. The molecule has 6 heavy (non-hydrogen) atoms. The van der Waals surface area contributed by atoms with Crippen LogP contribution in [0.1, 0.15) is 13.8 Å². The lowest BCUT2D eigenvalue weighted by Gasteiger charge is -2.12. The molecule has 36 valence electrons. The Kier molecular flexibility index (Phi) is 2.25. The van der Waals surface area contributed by atoms with Gasteiger partial charge in [-0.3, -0.25) is 0 Å². The molecule has 1 nitrogen and oxygen atoms in total. The molecule has 0 saturated heterocycles. The molecular formula is C4H12BN. The Hall–Kier alpha value is 0.0249. The molecular weight excluding hydrogens is 72.9 g/mol. The van der Waals surface area contributed by atoms with Crippen molar-refractivity contribution in [3.63, 3.8) is 0 Å². The highest BCUT2D eigenvalue weighted by molar-refractivity contribution is 6.04. The monoisotopic (exact) mass is 85.1 g/mol. The topological polar surface area (TPSA) is 3.24 Å². The third kappa shape index (κ3) is 2.27. The fourth-order valence-corrected chi connectivity index (χ4v) is 0. The van der Waals surface area contributed by atoms with Crippen LogP contribution in [-0.4, -0.2) is 25.9 Å². The van der Waals surface area contributed by atoms with E-state index in [0.29, 0.717) is 6.04 Å². The molecule has 0 rings (SSSR count).